The molecular formula is C23H22Cl2N4O4. The monoisotopic (exact) mass is 488 g/mol. The number of rotatable bonds is 4. The summed E-state index contributed by atoms with van der Waals surface area (Å²) in [5, 5.41) is 5.11. The molecule has 0 atom stereocenters. The molecule has 0 radical (unpaired) electrons. The zero-order chi connectivity index (χ0) is 22.8. The van der Waals surface area contributed by atoms with Crippen LogP contribution in [0.25, 0.3) is 11.4 Å². The van der Waals surface area contributed by atoms with Crippen molar-refractivity contribution in [2.45, 2.75) is 13.0 Å². The maximum Gasteiger partial charge on any atom is 0.254 e. The molecular weight excluding hydrogens is 467 g/mol. The lowest BCUT2D eigenvalue weighted by molar-refractivity contribution is 0.0614. The summed E-state index contributed by atoms with van der Waals surface area (Å²) in [7, 11) is 0. The third kappa shape index (κ3) is 4.93. The molecule has 3 aromatic rings. The summed E-state index contributed by atoms with van der Waals surface area (Å²) >= 11 is 12.3. The highest BCUT2D eigenvalue weighted by atomic mass is 35.5. The van der Waals surface area contributed by atoms with E-state index in [2.05, 4.69) is 15.0 Å². The van der Waals surface area contributed by atoms with Crippen LogP contribution in [0.2, 0.25) is 10.0 Å². The molecule has 2 aliphatic heterocycles. The lowest BCUT2D eigenvalue weighted by Gasteiger charge is -2.34. The first-order valence-corrected chi connectivity index (χ1v) is 11.5. The fraction of sp³-hybridized carbons (Fsp3) is 0.348. The van der Waals surface area contributed by atoms with Gasteiger partial charge >= 0.3 is 0 Å². The highest BCUT2D eigenvalue weighted by molar-refractivity contribution is 6.32. The molecule has 1 fully saturated rings. The van der Waals surface area contributed by atoms with Crippen molar-refractivity contribution in [1.29, 1.82) is 0 Å². The Labute approximate surface area is 201 Å². The van der Waals surface area contributed by atoms with Gasteiger partial charge in [0.15, 0.2) is 11.5 Å². The largest absolute Gasteiger partial charge is 0.489 e. The van der Waals surface area contributed by atoms with Gasteiger partial charge in [0.25, 0.3) is 5.91 Å². The maximum atomic E-state index is 13.1. The molecule has 10 heteroatoms. The van der Waals surface area contributed by atoms with E-state index in [4.69, 9.17) is 37.2 Å². The highest BCUT2D eigenvalue weighted by Gasteiger charge is 2.26. The van der Waals surface area contributed by atoms with E-state index in [1.165, 1.54) is 0 Å². The summed E-state index contributed by atoms with van der Waals surface area (Å²) < 4.78 is 16.8. The van der Waals surface area contributed by atoms with Crippen molar-refractivity contribution in [2.24, 2.45) is 0 Å². The molecule has 0 bridgehead atoms. The van der Waals surface area contributed by atoms with Gasteiger partial charge in [0.2, 0.25) is 11.7 Å². The highest BCUT2D eigenvalue weighted by Crippen LogP contribution is 2.38. The van der Waals surface area contributed by atoms with E-state index in [1.54, 1.807) is 24.3 Å². The molecule has 0 N–H and O–H groups in total. The number of carbonyl (C=O) groups excluding carboxylic acids is 1. The molecule has 3 heterocycles. The van der Waals surface area contributed by atoms with Gasteiger partial charge in [-0.2, -0.15) is 4.98 Å². The molecule has 8 nitrogen and oxygen atoms in total. The normalized spacial score (nSPS) is 16.5. The Balaban J connectivity index is 1.19. The minimum atomic E-state index is -0.0741. The van der Waals surface area contributed by atoms with Crippen molar-refractivity contribution in [1.82, 2.24) is 19.9 Å². The zero-order valence-corrected chi connectivity index (χ0v) is 19.3. The average Bonchev–Trinajstić information content (AvgIpc) is 3.15. The minimum Gasteiger partial charge on any atom is -0.489 e. The molecule has 33 heavy (non-hydrogen) atoms. The molecule has 5 rings (SSSR count). The Kier molecular flexibility index (Phi) is 6.39. The Bertz CT molecular complexity index is 1140. The Morgan fingerprint density at radius 1 is 1.00 bits per heavy atom. The summed E-state index contributed by atoms with van der Waals surface area (Å²) in [6.07, 6.45) is 0.775. The van der Waals surface area contributed by atoms with Crippen LogP contribution in [0.15, 0.2) is 40.9 Å². The first kappa shape index (κ1) is 22.0. The number of aromatic nitrogens is 2. The number of ether oxygens (including phenoxy) is 2. The fourth-order valence-electron chi connectivity index (χ4n) is 3.87. The molecule has 0 saturated carbocycles. The van der Waals surface area contributed by atoms with Crippen molar-refractivity contribution >= 4 is 29.1 Å². The summed E-state index contributed by atoms with van der Waals surface area (Å²) in [4.78, 5) is 21.6. The van der Waals surface area contributed by atoms with Gasteiger partial charge in [0.1, 0.15) is 0 Å². The summed E-state index contributed by atoms with van der Waals surface area (Å²) in [6, 6.07) is 10.7. The Morgan fingerprint density at radius 2 is 1.76 bits per heavy atom. The number of carbonyl (C=O) groups is 1. The van der Waals surface area contributed by atoms with Crippen molar-refractivity contribution in [2.75, 3.05) is 39.4 Å². The Hall–Kier alpha value is -2.81. The smallest absolute Gasteiger partial charge is 0.254 e. The van der Waals surface area contributed by atoms with E-state index in [0.29, 0.717) is 84.8 Å². The van der Waals surface area contributed by atoms with E-state index < -0.39 is 0 Å². The van der Waals surface area contributed by atoms with Gasteiger partial charge in [-0.1, -0.05) is 28.4 Å². The Morgan fingerprint density at radius 3 is 2.55 bits per heavy atom. The predicted molar refractivity (Wildman–Crippen MR) is 123 cm³/mol. The average molecular weight is 489 g/mol. The molecule has 1 amide bonds. The van der Waals surface area contributed by atoms with Crippen LogP contribution in [0, 0.1) is 0 Å². The van der Waals surface area contributed by atoms with E-state index >= 15 is 0 Å². The van der Waals surface area contributed by atoms with Gasteiger partial charge in [-0.3, -0.25) is 9.69 Å². The fourth-order valence-corrected chi connectivity index (χ4v) is 4.26. The van der Waals surface area contributed by atoms with Gasteiger partial charge in [-0.25, -0.2) is 0 Å². The van der Waals surface area contributed by atoms with Crippen LogP contribution >= 0.6 is 23.2 Å². The van der Waals surface area contributed by atoms with Gasteiger partial charge in [-0.05, 0) is 36.4 Å². The van der Waals surface area contributed by atoms with Gasteiger partial charge in [0, 0.05) is 48.7 Å². The van der Waals surface area contributed by atoms with E-state index in [1.807, 2.05) is 17.0 Å². The second-order valence-electron chi connectivity index (χ2n) is 7.92. The first-order valence-electron chi connectivity index (χ1n) is 10.8. The second kappa shape index (κ2) is 9.59. The molecule has 0 unspecified atom stereocenters. The predicted octanol–water partition coefficient (Wildman–Crippen LogP) is 4.16. The SMILES string of the molecule is O=C(c1cc(Cl)c2c(c1)OCCCO2)N1CCN(Cc2nc(-c3ccc(Cl)cc3)no2)CC1. The third-order valence-corrected chi connectivity index (χ3v) is 6.17. The van der Waals surface area contributed by atoms with Crippen molar-refractivity contribution in [3.05, 3.63) is 57.9 Å². The van der Waals surface area contributed by atoms with Crippen LogP contribution in [0.4, 0.5) is 0 Å². The van der Waals surface area contributed by atoms with Crippen LogP contribution in [0.5, 0.6) is 11.5 Å². The standard InChI is InChI=1S/C23H22Cl2N4O4/c24-17-4-2-15(3-5-17)22-26-20(33-27-22)14-28-6-8-29(9-7-28)23(30)16-12-18(25)21-19(13-16)31-10-1-11-32-21/h2-5,12-13H,1,6-11,14H2. The molecule has 0 spiro atoms. The zero-order valence-electron chi connectivity index (χ0n) is 17.8. The number of benzene rings is 2. The number of nitrogens with zero attached hydrogens (tertiary/aromatic N) is 4. The number of piperazine rings is 1. The summed E-state index contributed by atoms with van der Waals surface area (Å²) in [5.41, 5.74) is 1.35. The van der Waals surface area contributed by atoms with Crippen LogP contribution in [0.1, 0.15) is 22.7 Å². The lowest BCUT2D eigenvalue weighted by atomic mass is 10.1. The molecule has 0 aliphatic carbocycles. The van der Waals surface area contributed by atoms with Gasteiger partial charge in [0.05, 0.1) is 24.8 Å². The molecule has 1 saturated heterocycles. The van der Waals surface area contributed by atoms with E-state index in [0.717, 1.165) is 12.0 Å². The molecule has 1 aromatic heterocycles. The van der Waals surface area contributed by atoms with Crippen LogP contribution in [-0.2, 0) is 6.54 Å². The molecule has 2 aliphatic rings. The quantitative estimate of drug-likeness (QED) is 0.545. The van der Waals surface area contributed by atoms with Crippen molar-refractivity contribution in [3.63, 3.8) is 0 Å². The first-order chi connectivity index (χ1) is 16.1. The lowest BCUT2D eigenvalue weighted by Crippen LogP contribution is -2.48. The third-order valence-electron chi connectivity index (χ3n) is 5.64. The van der Waals surface area contributed by atoms with Crippen LogP contribution in [0.3, 0.4) is 0 Å². The molecule has 172 valence electrons. The van der Waals surface area contributed by atoms with Crippen LogP contribution in [-0.4, -0.2) is 65.2 Å². The van der Waals surface area contributed by atoms with E-state index in [-0.39, 0.29) is 5.91 Å². The summed E-state index contributed by atoms with van der Waals surface area (Å²) in [5.74, 6) is 2.02. The number of amides is 1. The van der Waals surface area contributed by atoms with Gasteiger partial charge in [-0.15, -0.1) is 0 Å². The summed E-state index contributed by atoms with van der Waals surface area (Å²) in [6.45, 7) is 4.17. The van der Waals surface area contributed by atoms with Crippen molar-refractivity contribution in [3.8, 4) is 22.9 Å². The molecule has 2 aromatic carbocycles. The second-order valence-corrected chi connectivity index (χ2v) is 8.77. The van der Waals surface area contributed by atoms with E-state index in [9.17, 15) is 4.79 Å². The topological polar surface area (TPSA) is 80.9 Å². The maximum absolute atomic E-state index is 13.1. The van der Waals surface area contributed by atoms with Gasteiger partial charge < -0.3 is 18.9 Å². The number of fused-ring (bicyclic) bond motifs is 1. The van der Waals surface area contributed by atoms with Crippen molar-refractivity contribution < 1.29 is 18.8 Å². The number of hydrogen-bond acceptors (Lipinski definition) is 7. The number of halogens is 2. The minimum absolute atomic E-state index is 0.0741. The van der Waals surface area contributed by atoms with Crippen LogP contribution < -0.4 is 9.47 Å². The number of hydrogen-bond donors (Lipinski definition) is 0.